The van der Waals surface area contributed by atoms with Crippen LogP contribution < -0.4 is 0 Å². The van der Waals surface area contributed by atoms with Crippen molar-refractivity contribution >= 4 is 13.5 Å². The molecule has 0 unspecified atom stereocenters. The van der Waals surface area contributed by atoms with Crippen LogP contribution in [0.15, 0.2) is 22.8 Å². The van der Waals surface area contributed by atoms with Crippen LogP contribution in [0.1, 0.15) is 56.0 Å². The van der Waals surface area contributed by atoms with Gasteiger partial charge in [0.15, 0.2) is 11.2 Å². The van der Waals surface area contributed by atoms with E-state index in [0.29, 0.717) is 5.76 Å². The highest BCUT2D eigenvalue weighted by Gasteiger charge is 2.32. The molecule has 0 saturated heterocycles. The highest BCUT2D eigenvalue weighted by atomic mass is 28.3. The lowest BCUT2D eigenvalue weighted by molar-refractivity contribution is 0.104. The van der Waals surface area contributed by atoms with Gasteiger partial charge in [0.2, 0.25) is 0 Å². The Morgan fingerprint density at radius 2 is 1.83 bits per heavy atom. The largest absolute Gasteiger partial charge is 0.462 e. The van der Waals surface area contributed by atoms with Crippen LogP contribution in [-0.2, 0) is 0 Å². The normalized spacial score (nSPS) is 11.7. The fourth-order valence-corrected chi connectivity index (χ4v) is 4.37. The molecular formula is C15H26O2Si. The second-order valence-corrected chi connectivity index (χ2v) is 10.4. The van der Waals surface area contributed by atoms with E-state index in [0.717, 1.165) is 6.04 Å². The van der Waals surface area contributed by atoms with Gasteiger partial charge in [0, 0.05) is 0 Å². The van der Waals surface area contributed by atoms with E-state index in [1.54, 1.807) is 18.4 Å². The van der Waals surface area contributed by atoms with E-state index in [4.69, 9.17) is 4.42 Å². The van der Waals surface area contributed by atoms with Crippen LogP contribution >= 0.6 is 0 Å². The minimum absolute atomic E-state index is 0.265. The number of furan rings is 1. The van der Waals surface area contributed by atoms with Crippen molar-refractivity contribution in [3.63, 3.8) is 0 Å². The summed E-state index contributed by atoms with van der Waals surface area (Å²) in [6.45, 7) is 6.55. The van der Waals surface area contributed by atoms with Crippen LogP contribution in [0.25, 0.3) is 0 Å². The van der Waals surface area contributed by atoms with Crippen molar-refractivity contribution in [1.29, 1.82) is 0 Å². The van der Waals surface area contributed by atoms with Gasteiger partial charge in [0.25, 0.3) is 0 Å². The molecule has 1 rings (SSSR count). The lowest BCUT2D eigenvalue weighted by Gasteiger charge is -2.18. The second-order valence-electron chi connectivity index (χ2n) is 5.71. The lowest BCUT2D eigenvalue weighted by Crippen LogP contribution is -2.37. The Morgan fingerprint density at radius 1 is 1.17 bits per heavy atom. The zero-order chi connectivity index (χ0) is 13.4. The first-order chi connectivity index (χ1) is 8.58. The maximum absolute atomic E-state index is 12.3. The van der Waals surface area contributed by atoms with E-state index in [2.05, 4.69) is 20.0 Å². The molecule has 102 valence electrons. The molecule has 0 fully saturated rings. The zero-order valence-electron chi connectivity index (χ0n) is 12.0. The maximum Gasteiger partial charge on any atom is 0.174 e. The van der Waals surface area contributed by atoms with Crippen LogP contribution in [0.3, 0.4) is 0 Å². The third-order valence-corrected chi connectivity index (χ3v) is 6.59. The van der Waals surface area contributed by atoms with Gasteiger partial charge in [-0.3, -0.25) is 4.79 Å². The molecule has 0 aliphatic rings. The summed E-state index contributed by atoms with van der Waals surface area (Å²) in [6.07, 6.45) is 9.32. The van der Waals surface area contributed by atoms with E-state index in [-0.39, 0.29) is 5.41 Å². The summed E-state index contributed by atoms with van der Waals surface area (Å²) in [7, 11) is -1.81. The van der Waals surface area contributed by atoms with Crippen molar-refractivity contribution in [3.8, 4) is 0 Å². The molecule has 1 heterocycles. The summed E-state index contributed by atoms with van der Waals surface area (Å²) in [5.74, 6) is 0.553. The monoisotopic (exact) mass is 266 g/mol. The molecule has 0 spiro atoms. The van der Waals surface area contributed by atoms with Crippen molar-refractivity contribution in [2.24, 2.45) is 0 Å². The van der Waals surface area contributed by atoms with E-state index in [1.807, 2.05) is 0 Å². The number of hydrogen-bond donors (Lipinski definition) is 0. The highest BCUT2D eigenvalue weighted by Crippen LogP contribution is 2.21. The standard InChI is InChI=1S/C15H26O2Si/c1-4-5-6-7-8-9-13-18(2,3)15(16)14-11-10-12-17-14/h10-12H,4-9,13H2,1-3H3. The molecule has 0 bridgehead atoms. The van der Waals surface area contributed by atoms with Crippen molar-refractivity contribution in [3.05, 3.63) is 24.2 Å². The van der Waals surface area contributed by atoms with Crippen LogP contribution in [0.5, 0.6) is 0 Å². The molecule has 2 nitrogen and oxygen atoms in total. The molecule has 0 N–H and O–H groups in total. The molecule has 0 saturated carbocycles. The predicted octanol–water partition coefficient (Wildman–Crippen LogP) is 5.07. The molecule has 0 atom stereocenters. The van der Waals surface area contributed by atoms with Crippen molar-refractivity contribution in [1.82, 2.24) is 0 Å². The third-order valence-electron chi connectivity index (χ3n) is 3.51. The Bertz CT molecular complexity index is 341. The van der Waals surface area contributed by atoms with Crippen LogP contribution in [0, 0.1) is 0 Å². The molecule has 0 amide bonds. The summed E-state index contributed by atoms with van der Waals surface area (Å²) in [5, 5.41) is 0.265. The minimum Gasteiger partial charge on any atom is -0.462 e. The van der Waals surface area contributed by atoms with Crippen molar-refractivity contribution < 1.29 is 9.21 Å². The maximum atomic E-state index is 12.3. The van der Waals surface area contributed by atoms with Gasteiger partial charge in [-0.25, -0.2) is 0 Å². The molecule has 1 aromatic heterocycles. The quantitative estimate of drug-likeness (QED) is 0.461. The van der Waals surface area contributed by atoms with E-state index >= 15 is 0 Å². The van der Waals surface area contributed by atoms with Crippen LogP contribution in [-0.4, -0.2) is 13.5 Å². The number of unbranched alkanes of at least 4 members (excludes halogenated alkanes) is 5. The average molecular weight is 266 g/mol. The van der Waals surface area contributed by atoms with Gasteiger partial charge in [-0.15, -0.1) is 0 Å². The Hall–Kier alpha value is -0.833. The summed E-state index contributed by atoms with van der Waals surface area (Å²) in [6, 6.07) is 4.67. The first-order valence-corrected chi connectivity index (χ1v) is 10.4. The molecule has 3 heteroatoms. The minimum atomic E-state index is -1.81. The van der Waals surface area contributed by atoms with Gasteiger partial charge in [-0.05, 0) is 12.1 Å². The highest BCUT2D eigenvalue weighted by molar-refractivity contribution is 7.06. The molecule has 18 heavy (non-hydrogen) atoms. The number of carbonyl (C=O) groups excluding carboxylic acids is 1. The Kier molecular flexibility index (Phi) is 6.40. The van der Waals surface area contributed by atoms with Gasteiger partial charge >= 0.3 is 0 Å². The summed E-state index contributed by atoms with van der Waals surface area (Å²) in [4.78, 5) is 12.3. The van der Waals surface area contributed by atoms with E-state index in [1.165, 1.54) is 38.5 Å². The number of rotatable bonds is 9. The van der Waals surface area contributed by atoms with Crippen LogP contribution in [0.4, 0.5) is 0 Å². The lowest BCUT2D eigenvalue weighted by atomic mass is 10.1. The molecule has 0 aromatic carbocycles. The van der Waals surface area contributed by atoms with Gasteiger partial charge in [-0.2, -0.15) is 0 Å². The van der Waals surface area contributed by atoms with Gasteiger partial charge in [0.05, 0.1) is 6.26 Å². The number of hydrogen-bond acceptors (Lipinski definition) is 2. The summed E-state index contributed by atoms with van der Waals surface area (Å²) < 4.78 is 5.23. The van der Waals surface area contributed by atoms with Crippen LogP contribution in [0.2, 0.25) is 19.1 Å². The summed E-state index contributed by atoms with van der Waals surface area (Å²) in [5.41, 5.74) is 0. The third kappa shape index (κ3) is 4.81. The van der Waals surface area contributed by atoms with Gasteiger partial charge in [0.1, 0.15) is 8.07 Å². The molecular weight excluding hydrogens is 240 g/mol. The van der Waals surface area contributed by atoms with E-state index in [9.17, 15) is 4.79 Å². The SMILES string of the molecule is CCCCCCCC[Si](C)(C)C(=O)c1ccco1. The average Bonchev–Trinajstić information content (AvgIpc) is 2.86. The molecule has 0 aliphatic carbocycles. The van der Waals surface area contributed by atoms with Crippen molar-refractivity contribution in [2.45, 2.75) is 64.6 Å². The Balaban J connectivity index is 2.29. The molecule has 0 aliphatic heterocycles. The molecule has 0 radical (unpaired) electrons. The fraction of sp³-hybridized carbons (Fsp3) is 0.667. The smallest absolute Gasteiger partial charge is 0.174 e. The first kappa shape index (κ1) is 15.2. The number of carbonyl (C=O) groups is 1. The topological polar surface area (TPSA) is 30.2 Å². The zero-order valence-corrected chi connectivity index (χ0v) is 13.0. The Labute approximate surface area is 112 Å². The molecule has 1 aromatic rings. The Morgan fingerprint density at radius 3 is 2.44 bits per heavy atom. The predicted molar refractivity (Wildman–Crippen MR) is 78.7 cm³/mol. The second kappa shape index (κ2) is 7.57. The van der Waals surface area contributed by atoms with E-state index < -0.39 is 8.07 Å². The fourth-order valence-electron chi connectivity index (χ4n) is 2.20. The van der Waals surface area contributed by atoms with Gasteiger partial charge < -0.3 is 4.42 Å². The van der Waals surface area contributed by atoms with Crippen molar-refractivity contribution in [2.75, 3.05) is 0 Å². The summed E-state index contributed by atoms with van der Waals surface area (Å²) >= 11 is 0. The van der Waals surface area contributed by atoms with Gasteiger partial charge in [-0.1, -0.05) is 64.6 Å². The first-order valence-electron chi connectivity index (χ1n) is 7.16.